The Hall–Kier alpha value is -1.89. The van der Waals surface area contributed by atoms with E-state index in [4.69, 9.17) is 0 Å². The Bertz CT molecular complexity index is 757. The molecule has 1 aromatic rings. The third-order valence-corrected chi connectivity index (χ3v) is 6.58. The highest BCUT2D eigenvalue weighted by Gasteiger charge is 2.39. The third kappa shape index (κ3) is 3.77. The summed E-state index contributed by atoms with van der Waals surface area (Å²) >= 11 is 0. The number of hydrogen-bond donors (Lipinski definition) is 1. The van der Waals surface area contributed by atoms with Crippen LogP contribution in [-0.2, 0) is 21.2 Å². The van der Waals surface area contributed by atoms with E-state index < -0.39 is 15.4 Å². The van der Waals surface area contributed by atoms with Crippen molar-refractivity contribution < 1.29 is 18.0 Å². The monoisotopic (exact) mass is 350 g/mol. The van der Waals surface area contributed by atoms with Crippen molar-refractivity contribution in [1.29, 1.82) is 0 Å². The highest BCUT2D eigenvalue weighted by molar-refractivity contribution is 7.91. The van der Waals surface area contributed by atoms with Crippen molar-refractivity contribution in [2.24, 2.45) is 0 Å². The number of nitrogens with zero attached hydrogens (tertiary/aromatic N) is 1. The average molecular weight is 350 g/mol. The summed E-state index contributed by atoms with van der Waals surface area (Å²) in [6, 6.07) is 7.12. The van der Waals surface area contributed by atoms with E-state index in [2.05, 4.69) is 5.32 Å². The number of carbonyl (C=O) groups is 2. The summed E-state index contributed by atoms with van der Waals surface area (Å²) in [5.41, 5.74) is 0.782. The van der Waals surface area contributed by atoms with Crippen molar-refractivity contribution in [2.75, 3.05) is 18.1 Å². The standard InChI is InChI=1S/C17H22N2O4S/c1-17(8-10-24(22,23)12-17)18-16(21)14-6-4-13(5-7-14)11-19-9-2-3-15(19)20/h4-7H,2-3,8-12H2,1H3,(H,18,21). The molecule has 2 aliphatic heterocycles. The molecular weight excluding hydrogens is 328 g/mol. The summed E-state index contributed by atoms with van der Waals surface area (Å²) in [5.74, 6) is 0.0126. The third-order valence-electron chi connectivity index (χ3n) is 4.68. The molecule has 1 N–H and O–H groups in total. The lowest BCUT2D eigenvalue weighted by Gasteiger charge is -2.24. The van der Waals surface area contributed by atoms with Gasteiger partial charge in [0.2, 0.25) is 5.91 Å². The molecule has 2 aliphatic rings. The van der Waals surface area contributed by atoms with Crippen LogP contribution >= 0.6 is 0 Å². The SMILES string of the molecule is CC1(NC(=O)c2ccc(CN3CCCC3=O)cc2)CCS(=O)(=O)C1. The van der Waals surface area contributed by atoms with E-state index in [0.29, 0.717) is 24.9 Å². The van der Waals surface area contributed by atoms with E-state index in [1.807, 2.05) is 17.0 Å². The number of rotatable bonds is 4. The van der Waals surface area contributed by atoms with Crippen LogP contribution in [0.2, 0.25) is 0 Å². The Labute approximate surface area is 142 Å². The van der Waals surface area contributed by atoms with Gasteiger partial charge in [-0.3, -0.25) is 9.59 Å². The maximum absolute atomic E-state index is 12.4. The molecule has 2 heterocycles. The first kappa shape index (κ1) is 17.0. The molecule has 2 fully saturated rings. The fourth-order valence-electron chi connectivity index (χ4n) is 3.31. The van der Waals surface area contributed by atoms with Gasteiger partial charge >= 0.3 is 0 Å². The van der Waals surface area contributed by atoms with Gasteiger partial charge in [0.1, 0.15) is 0 Å². The van der Waals surface area contributed by atoms with Crippen molar-refractivity contribution in [3.8, 4) is 0 Å². The molecule has 0 saturated carbocycles. The molecular formula is C17H22N2O4S. The van der Waals surface area contributed by atoms with Crippen LogP contribution in [0.4, 0.5) is 0 Å². The molecule has 7 heteroatoms. The van der Waals surface area contributed by atoms with Crippen molar-refractivity contribution >= 4 is 21.7 Å². The highest BCUT2D eigenvalue weighted by atomic mass is 32.2. The quantitative estimate of drug-likeness (QED) is 0.882. The van der Waals surface area contributed by atoms with Crippen LogP contribution in [0.1, 0.15) is 42.1 Å². The summed E-state index contributed by atoms with van der Waals surface area (Å²) in [7, 11) is -3.06. The number of sulfone groups is 1. The summed E-state index contributed by atoms with van der Waals surface area (Å²) in [6.45, 7) is 3.12. The van der Waals surface area contributed by atoms with Gasteiger partial charge in [0.25, 0.3) is 5.91 Å². The Balaban J connectivity index is 1.63. The summed E-state index contributed by atoms with van der Waals surface area (Å²) in [5, 5.41) is 2.84. The smallest absolute Gasteiger partial charge is 0.251 e. The number of amides is 2. The van der Waals surface area contributed by atoms with Crippen LogP contribution < -0.4 is 5.32 Å². The Kier molecular flexibility index (Phi) is 4.38. The molecule has 0 aromatic heterocycles. The lowest BCUT2D eigenvalue weighted by Crippen LogP contribution is -2.46. The van der Waals surface area contributed by atoms with Crippen molar-refractivity contribution in [2.45, 2.75) is 38.3 Å². The number of benzene rings is 1. The molecule has 1 unspecified atom stereocenters. The van der Waals surface area contributed by atoms with Crippen molar-refractivity contribution in [3.05, 3.63) is 35.4 Å². The minimum absolute atomic E-state index is 0.0130. The van der Waals surface area contributed by atoms with Crippen LogP contribution in [0.25, 0.3) is 0 Å². The van der Waals surface area contributed by atoms with E-state index >= 15 is 0 Å². The molecule has 1 aromatic carbocycles. The molecule has 0 radical (unpaired) electrons. The molecule has 2 saturated heterocycles. The van der Waals surface area contributed by atoms with Gasteiger partial charge in [-0.25, -0.2) is 8.42 Å². The normalized spacial score (nSPS) is 25.9. The zero-order chi connectivity index (χ0) is 17.4. The number of likely N-dealkylation sites (tertiary alicyclic amines) is 1. The Morgan fingerprint density at radius 3 is 2.54 bits per heavy atom. The highest BCUT2D eigenvalue weighted by Crippen LogP contribution is 2.23. The molecule has 3 rings (SSSR count). The van der Waals surface area contributed by atoms with Crippen LogP contribution in [-0.4, -0.2) is 48.7 Å². The fraction of sp³-hybridized carbons (Fsp3) is 0.529. The maximum Gasteiger partial charge on any atom is 0.251 e. The Morgan fingerprint density at radius 1 is 1.29 bits per heavy atom. The molecule has 6 nitrogen and oxygen atoms in total. The predicted molar refractivity (Wildman–Crippen MR) is 90.2 cm³/mol. The average Bonchev–Trinajstić information content (AvgIpc) is 3.03. The van der Waals surface area contributed by atoms with Gasteiger partial charge in [0, 0.05) is 25.1 Å². The summed E-state index contributed by atoms with van der Waals surface area (Å²) < 4.78 is 23.2. The van der Waals surface area contributed by atoms with Crippen LogP contribution in [0.3, 0.4) is 0 Å². The number of carbonyl (C=O) groups excluding carboxylic acids is 2. The van der Waals surface area contributed by atoms with Crippen LogP contribution in [0, 0.1) is 0 Å². The largest absolute Gasteiger partial charge is 0.346 e. The zero-order valence-electron chi connectivity index (χ0n) is 13.7. The predicted octanol–water partition coefficient (Wildman–Crippen LogP) is 1.12. The molecule has 24 heavy (non-hydrogen) atoms. The van der Waals surface area contributed by atoms with Gasteiger partial charge in [-0.1, -0.05) is 12.1 Å². The van der Waals surface area contributed by atoms with E-state index in [1.54, 1.807) is 19.1 Å². The second kappa shape index (κ2) is 6.20. The zero-order valence-corrected chi connectivity index (χ0v) is 14.6. The van der Waals surface area contributed by atoms with E-state index in [1.165, 1.54) is 0 Å². The molecule has 0 bridgehead atoms. The summed E-state index contributed by atoms with van der Waals surface area (Å²) in [6.07, 6.45) is 1.96. The van der Waals surface area contributed by atoms with Crippen molar-refractivity contribution in [1.82, 2.24) is 10.2 Å². The molecule has 0 spiro atoms. The molecule has 130 valence electrons. The van der Waals surface area contributed by atoms with Crippen molar-refractivity contribution in [3.63, 3.8) is 0 Å². The van der Waals surface area contributed by atoms with E-state index in [0.717, 1.165) is 18.5 Å². The minimum atomic E-state index is -3.06. The van der Waals surface area contributed by atoms with Gasteiger partial charge < -0.3 is 10.2 Å². The van der Waals surface area contributed by atoms with Gasteiger partial charge in [-0.05, 0) is 37.5 Å². The molecule has 0 aliphatic carbocycles. The Morgan fingerprint density at radius 2 is 2.00 bits per heavy atom. The molecule has 2 amide bonds. The van der Waals surface area contributed by atoms with E-state index in [9.17, 15) is 18.0 Å². The summed E-state index contributed by atoms with van der Waals surface area (Å²) in [4.78, 5) is 25.8. The van der Waals surface area contributed by atoms with Gasteiger partial charge in [-0.15, -0.1) is 0 Å². The first-order chi connectivity index (χ1) is 11.3. The number of hydrogen-bond acceptors (Lipinski definition) is 4. The van der Waals surface area contributed by atoms with E-state index in [-0.39, 0.29) is 23.3 Å². The lowest BCUT2D eigenvalue weighted by molar-refractivity contribution is -0.128. The second-order valence-corrected chi connectivity index (χ2v) is 9.16. The van der Waals surface area contributed by atoms with Gasteiger partial charge in [0.05, 0.1) is 17.0 Å². The first-order valence-electron chi connectivity index (χ1n) is 8.16. The van der Waals surface area contributed by atoms with Crippen LogP contribution in [0.5, 0.6) is 0 Å². The van der Waals surface area contributed by atoms with Gasteiger partial charge in [-0.2, -0.15) is 0 Å². The number of nitrogens with one attached hydrogen (secondary N) is 1. The second-order valence-electron chi connectivity index (χ2n) is 6.97. The maximum atomic E-state index is 12.4. The fourth-order valence-corrected chi connectivity index (χ4v) is 5.40. The van der Waals surface area contributed by atoms with Crippen LogP contribution in [0.15, 0.2) is 24.3 Å². The van der Waals surface area contributed by atoms with Gasteiger partial charge in [0.15, 0.2) is 9.84 Å². The first-order valence-corrected chi connectivity index (χ1v) is 9.98. The molecule has 1 atom stereocenters. The topological polar surface area (TPSA) is 83.6 Å². The minimum Gasteiger partial charge on any atom is -0.346 e. The lowest BCUT2D eigenvalue weighted by atomic mass is 10.0.